The number of nitrogens with zero attached hydrogens (tertiary/aromatic N) is 1. The topological polar surface area (TPSA) is 83.8 Å². The van der Waals surface area contributed by atoms with E-state index in [0.717, 1.165) is 18.5 Å². The minimum absolute atomic E-state index is 0.155. The van der Waals surface area contributed by atoms with Gasteiger partial charge in [-0.25, -0.2) is 0 Å². The third-order valence-corrected chi connectivity index (χ3v) is 3.32. The number of anilines is 1. The number of H-pyrrole nitrogens is 1. The van der Waals surface area contributed by atoms with Gasteiger partial charge in [0.15, 0.2) is 5.69 Å². The van der Waals surface area contributed by atoms with Gasteiger partial charge in [-0.3, -0.25) is 9.89 Å². The van der Waals surface area contributed by atoms with Crippen LogP contribution in [0.4, 0.5) is 5.69 Å². The van der Waals surface area contributed by atoms with Crippen molar-refractivity contribution in [3.63, 3.8) is 0 Å². The van der Waals surface area contributed by atoms with Crippen LogP contribution in [0.25, 0.3) is 0 Å². The Morgan fingerprint density at radius 1 is 1.47 bits per heavy atom. The van der Waals surface area contributed by atoms with Gasteiger partial charge in [0, 0.05) is 6.04 Å². The van der Waals surface area contributed by atoms with Crippen LogP contribution in [-0.4, -0.2) is 22.1 Å². The minimum atomic E-state index is -0.155. The summed E-state index contributed by atoms with van der Waals surface area (Å²) in [6.45, 7) is 4.03. The predicted molar refractivity (Wildman–Crippen MR) is 66.8 cm³/mol. The average Bonchev–Trinajstić information content (AvgIpc) is 2.86. The molecule has 1 aromatic rings. The predicted octanol–water partition coefficient (Wildman–Crippen LogP) is 1.79. The number of aromatic amines is 1. The second kappa shape index (κ2) is 4.77. The highest BCUT2D eigenvalue weighted by molar-refractivity contribution is 5.97. The van der Waals surface area contributed by atoms with Crippen LogP contribution in [0.3, 0.4) is 0 Å². The third kappa shape index (κ3) is 2.43. The number of nitrogens with two attached hydrogens (primary N) is 1. The van der Waals surface area contributed by atoms with E-state index in [1.54, 1.807) is 0 Å². The van der Waals surface area contributed by atoms with Gasteiger partial charge in [-0.1, -0.05) is 26.7 Å². The van der Waals surface area contributed by atoms with Crippen molar-refractivity contribution in [2.45, 2.75) is 51.5 Å². The number of nitrogens with one attached hydrogen (secondary N) is 2. The molecule has 0 aromatic carbocycles. The summed E-state index contributed by atoms with van der Waals surface area (Å²) in [5, 5.41) is 9.85. The van der Waals surface area contributed by atoms with Crippen molar-refractivity contribution in [1.82, 2.24) is 15.5 Å². The number of carbonyl (C=O) groups excluding carboxylic acids is 1. The second-order valence-electron chi connectivity index (χ2n) is 5.01. The number of amides is 1. The Morgan fingerprint density at radius 3 is 2.65 bits per heavy atom. The van der Waals surface area contributed by atoms with Gasteiger partial charge in [0.05, 0.1) is 11.4 Å². The molecular formula is C12H20N4O. The highest BCUT2D eigenvalue weighted by Gasteiger charge is 2.22. The molecule has 17 heavy (non-hydrogen) atoms. The van der Waals surface area contributed by atoms with Crippen LogP contribution in [0.15, 0.2) is 0 Å². The number of rotatable bonds is 3. The van der Waals surface area contributed by atoms with Gasteiger partial charge in [-0.05, 0) is 18.8 Å². The Kier molecular flexibility index (Phi) is 3.36. The number of hydrogen-bond donors (Lipinski definition) is 3. The van der Waals surface area contributed by atoms with Gasteiger partial charge >= 0.3 is 0 Å². The van der Waals surface area contributed by atoms with E-state index in [0.29, 0.717) is 17.4 Å². The average molecular weight is 236 g/mol. The first-order valence-electron chi connectivity index (χ1n) is 6.24. The number of hydrogen-bond acceptors (Lipinski definition) is 3. The smallest absolute Gasteiger partial charge is 0.274 e. The molecule has 5 nitrogen and oxygen atoms in total. The van der Waals surface area contributed by atoms with E-state index in [2.05, 4.69) is 15.5 Å². The Balaban J connectivity index is 2.08. The van der Waals surface area contributed by atoms with E-state index in [-0.39, 0.29) is 11.8 Å². The van der Waals surface area contributed by atoms with Gasteiger partial charge < -0.3 is 11.1 Å². The molecule has 1 fully saturated rings. The molecular weight excluding hydrogens is 216 g/mol. The molecule has 0 aliphatic heterocycles. The van der Waals surface area contributed by atoms with E-state index in [9.17, 15) is 4.79 Å². The zero-order chi connectivity index (χ0) is 12.4. The standard InChI is InChI=1S/C12H20N4O/c1-7(2)10-9(13)11(16-15-10)12(17)14-8-5-3-4-6-8/h7-8H,3-6,13H2,1-2H3,(H,14,17)(H,15,16). The molecule has 1 aliphatic rings. The monoisotopic (exact) mass is 236 g/mol. The highest BCUT2D eigenvalue weighted by atomic mass is 16.2. The van der Waals surface area contributed by atoms with Crippen molar-refractivity contribution < 1.29 is 4.79 Å². The lowest BCUT2D eigenvalue weighted by Crippen LogP contribution is -2.33. The molecule has 0 atom stereocenters. The molecule has 2 rings (SSSR count). The highest BCUT2D eigenvalue weighted by Crippen LogP contribution is 2.23. The Hall–Kier alpha value is -1.52. The third-order valence-electron chi connectivity index (χ3n) is 3.32. The first-order chi connectivity index (χ1) is 8.09. The van der Waals surface area contributed by atoms with E-state index in [4.69, 9.17) is 5.73 Å². The summed E-state index contributed by atoms with van der Waals surface area (Å²) in [6.07, 6.45) is 4.51. The van der Waals surface area contributed by atoms with Crippen molar-refractivity contribution in [1.29, 1.82) is 0 Å². The van der Waals surface area contributed by atoms with Gasteiger partial charge in [0.2, 0.25) is 0 Å². The molecule has 0 unspecified atom stereocenters. The van der Waals surface area contributed by atoms with E-state index >= 15 is 0 Å². The fourth-order valence-corrected chi connectivity index (χ4v) is 2.30. The summed E-state index contributed by atoms with van der Waals surface area (Å²) in [6, 6.07) is 0.293. The maximum Gasteiger partial charge on any atom is 0.274 e. The van der Waals surface area contributed by atoms with Gasteiger partial charge in [0.25, 0.3) is 5.91 Å². The summed E-state index contributed by atoms with van der Waals surface area (Å²) in [5.41, 5.74) is 7.58. The van der Waals surface area contributed by atoms with Crippen LogP contribution >= 0.6 is 0 Å². The van der Waals surface area contributed by atoms with E-state index < -0.39 is 0 Å². The zero-order valence-electron chi connectivity index (χ0n) is 10.4. The normalized spacial score (nSPS) is 16.6. The molecule has 0 spiro atoms. The van der Waals surface area contributed by atoms with Crippen molar-refractivity contribution in [3.8, 4) is 0 Å². The molecule has 0 bridgehead atoms. The fraction of sp³-hybridized carbons (Fsp3) is 0.667. The van der Waals surface area contributed by atoms with Crippen LogP contribution in [0.5, 0.6) is 0 Å². The fourth-order valence-electron chi connectivity index (χ4n) is 2.30. The summed E-state index contributed by atoms with van der Waals surface area (Å²) in [7, 11) is 0. The lowest BCUT2D eigenvalue weighted by atomic mass is 10.1. The van der Waals surface area contributed by atoms with Gasteiger partial charge in [-0.15, -0.1) is 0 Å². The summed E-state index contributed by atoms with van der Waals surface area (Å²) >= 11 is 0. The molecule has 1 amide bonds. The van der Waals surface area contributed by atoms with Crippen molar-refractivity contribution in [2.75, 3.05) is 5.73 Å². The first-order valence-corrected chi connectivity index (χ1v) is 6.24. The quantitative estimate of drug-likeness (QED) is 0.748. The Bertz CT molecular complexity index is 405. The molecule has 1 aliphatic carbocycles. The number of carbonyl (C=O) groups is 1. The Labute approximate surface area is 101 Å². The number of nitrogen functional groups attached to an aromatic ring is 1. The molecule has 4 N–H and O–H groups in total. The van der Waals surface area contributed by atoms with Crippen molar-refractivity contribution >= 4 is 11.6 Å². The SMILES string of the molecule is CC(C)c1[nH]nc(C(=O)NC2CCCC2)c1N. The van der Waals surface area contributed by atoms with Crippen LogP contribution in [0, 0.1) is 0 Å². The molecule has 5 heteroatoms. The van der Waals surface area contributed by atoms with Crippen LogP contribution in [-0.2, 0) is 0 Å². The van der Waals surface area contributed by atoms with E-state index in [1.807, 2.05) is 13.8 Å². The lowest BCUT2D eigenvalue weighted by Gasteiger charge is -2.10. The molecule has 0 saturated heterocycles. The summed E-state index contributed by atoms with van der Waals surface area (Å²) in [5.74, 6) is 0.0908. The summed E-state index contributed by atoms with van der Waals surface area (Å²) < 4.78 is 0. The minimum Gasteiger partial charge on any atom is -0.395 e. The van der Waals surface area contributed by atoms with Gasteiger partial charge in [0.1, 0.15) is 0 Å². The second-order valence-corrected chi connectivity index (χ2v) is 5.01. The maximum atomic E-state index is 12.0. The van der Waals surface area contributed by atoms with Crippen LogP contribution in [0.1, 0.15) is 61.6 Å². The lowest BCUT2D eigenvalue weighted by molar-refractivity contribution is 0.0933. The van der Waals surface area contributed by atoms with Crippen LogP contribution < -0.4 is 11.1 Å². The molecule has 0 radical (unpaired) electrons. The van der Waals surface area contributed by atoms with Crippen molar-refractivity contribution in [2.24, 2.45) is 0 Å². The summed E-state index contributed by atoms with van der Waals surface area (Å²) in [4.78, 5) is 12.0. The first kappa shape index (κ1) is 12.0. The van der Waals surface area contributed by atoms with Crippen molar-refractivity contribution in [3.05, 3.63) is 11.4 Å². The molecule has 1 heterocycles. The number of aromatic nitrogens is 2. The molecule has 1 aromatic heterocycles. The zero-order valence-corrected chi connectivity index (χ0v) is 10.4. The Morgan fingerprint density at radius 2 is 2.12 bits per heavy atom. The molecule has 94 valence electrons. The largest absolute Gasteiger partial charge is 0.395 e. The van der Waals surface area contributed by atoms with Gasteiger partial charge in [-0.2, -0.15) is 5.10 Å². The van der Waals surface area contributed by atoms with Crippen LogP contribution in [0.2, 0.25) is 0 Å². The molecule has 1 saturated carbocycles. The van der Waals surface area contributed by atoms with E-state index in [1.165, 1.54) is 12.8 Å². The maximum absolute atomic E-state index is 12.0.